The molecule has 2 aliphatic heterocycles. The Balaban J connectivity index is 1.38. The fourth-order valence-corrected chi connectivity index (χ4v) is 4.46. The van der Waals surface area contributed by atoms with Crippen LogP contribution in [0.15, 0.2) is 59.7 Å². The molecule has 0 radical (unpaired) electrons. The zero-order chi connectivity index (χ0) is 20.9. The molecule has 0 spiro atoms. The van der Waals surface area contributed by atoms with Crippen LogP contribution in [0.4, 0.5) is 10.5 Å². The maximum Gasteiger partial charge on any atom is 0.339 e. The Morgan fingerprint density at radius 3 is 2.63 bits per heavy atom. The lowest BCUT2D eigenvalue weighted by Gasteiger charge is -2.25. The van der Waals surface area contributed by atoms with Crippen molar-refractivity contribution in [2.24, 2.45) is 16.9 Å². The zero-order valence-corrected chi connectivity index (χ0v) is 16.5. The van der Waals surface area contributed by atoms with Crippen LogP contribution >= 0.6 is 0 Å². The summed E-state index contributed by atoms with van der Waals surface area (Å²) in [5, 5.41) is 15.9. The summed E-state index contributed by atoms with van der Waals surface area (Å²) in [7, 11) is 0. The minimum absolute atomic E-state index is 0.0202. The van der Waals surface area contributed by atoms with Crippen LogP contribution in [0.1, 0.15) is 24.0 Å². The van der Waals surface area contributed by atoms with Crippen LogP contribution in [0, 0.1) is 11.8 Å². The molecule has 156 valence electrons. The Hall–Kier alpha value is -3.19. The number of hydrogen-bond acceptors (Lipinski definition) is 4. The number of carbonyl (C=O) groups excluding carboxylic acids is 1. The number of benzene rings is 2. The lowest BCUT2D eigenvalue weighted by molar-refractivity contribution is -0.136. The molecule has 2 aromatic rings. The number of carboxylic acid groups (broad SMARTS) is 1. The topological polar surface area (TPSA) is 100 Å². The normalized spacial score (nSPS) is 24.8. The summed E-state index contributed by atoms with van der Waals surface area (Å²) in [6.45, 7) is 0. The summed E-state index contributed by atoms with van der Waals surface area (Å²) < 4.78 is 6.10. The third-order valence-electron chi connectivity index (χ3n) is 5.75. The number of para-hydroxylation sites is 1. The average Bonchev–Trinajstić information content (AvgIpc) is 3.31. The van der Waals surface area contributed by atoms with Gasteiger partial charge >= 0.3 is 12.0 Å². The van der Waals surface area contributed by atoms with E-state index in [4.69, 9.17) is 9.84 Å². The summed E-state index contributed by atoms with van der Waals surface area (Å²) in [5.41, 5.74) is 5.13. The standard InChI is InChI=1S/C23H25N3O4/c27-22(28)13-16-6-4-5-15(11-16)12-18-19(21-10-9-20(18)30-21)14-24-26-23(29)25-17-7-2-1-3-8-17/h1-8,11,14,18-21H,9-10,12-13H2,(H,27,28)(H2,25,26,29)/b24-14+. The number of fused-ring (bicyclic) bond motifs is 2. The lowest BCUT2D eigenvalue weighted by atomic mass is 9.76. The molecule has 4 atom stereocenters. The number of nitrogens with one attached hydrogen (secondary N) is 2. The molecule has 2 saturated heterocycles. The van der Waals surface area contributed by atoms with Crippen LogP contribution in [0.3, 0.4) is 0 Å². The van der Waals surface area contributed by atoms with Gasteiger partial charge in [0.15, 0.2) is 0 Å². The highest BCUT2D eigenvalue weighted by Crippen LogP contribution is 2.44. The van der Waals surface area contributed by atoms with Crippen LogP contribution in [0.25, 0.3) is 0 Å². The number of amides is 2. The highest BCUT2D eigenvalue weighted by molar-refractivity contribution is 5.89. The van der Waals surface area contributed by atoms with Gasteiger partial charge in [-0.05, 0) is 48.4 Å². The molecule has 3 N–H and O–H groups in total. The van der Waals surface area contributed by atoms with Crippen molar-refractivity contribution in [3.63, 3.8) is 0 Å². The third kappa shape index (κ3) is 4.86. The number of urea groups is 1. The fraction of sp³-hybridized carbons (Fsp3) is 0.348. The second-order valence-electron chi connectivity index (χ2n) is 7.84. The molecule has 2 amide bonds. The zero-order valence-electron chi connectivity index (χ0n) is 16.5. The summed E-state index contributed by atoms with van der Waals surface area (Å²) in [5.74, 6) is -0.462. The largest absolute Gasteiger partial charge is 0.481 e. The molecule has 0 aliphatic carbocycles. The molecule has 2 aliphatic rings. The van der Waals surface area contributed by atoms with Gasteiger partial charge in [0.05, 0.1) is 18.6 Å². The van der Waals surface area contributed by atoms with Crippen molar-refractivity contribution in [3.8, 4) is 0 Å². The van der Waals surface area contributed by atoms with E-state index in [0.717, 1.165) is 30.4 Å². The number of hydrazone groups is 1. The number of nitrogens with zero attached hydrogens (tertiary/aromatic N) is 1. The van der Waals surface area contributed by atoms with Crippen molar-refractivity contribution in [1.29, 1.82) is 0 Å². The van der Waals surface area contributed by atoms with Crippen molar-refractivity contribution in [3.05, 3.63) is 65.7 Å². The van der Waals surface area contributed by atoms with Gasteiger partial charge < -0.3 is 15.2 Å². The van der Waals surface area contributed by atoms with Gasteiger partial charge in [0, 0.05) is 17.8 Å². The van der Waals surface area contributed by atoms with Crippen molar-refractivity contribution in [1.82, 2.24) is 5.43 Å². The Bertz CT molecular complexity index is 931. The Labute approximate surface area is 175 Å². The Kier molecular flexibility index (Phi) is 6.09. The smallest absolute Gasteiger partial charge is 0.339 e. The molecular formula is C23H25N3O4. The second-order valence-corrected chi connectivity index (χ2v) is 7.84. The van der Waals surface area contributed by atoms with Crippen molar-refractivity contribution in [2.45, 2.75) is 37.9 Å². The minimum atomic E-state index is -0.833. The minimum Gasteiger partial charge on any atom is -0.481 e. The van der Waals surface area contributed by atoms with Crippen LogP contribution < -0.4 is 10.7 Å². The molecule has 7 heteroatoms. The van der Waals surface area contributed by atoms with Gasteiger partial charge in [0.2, 0.25) is 0 Å². The molecule has 2 heterocycles. The van der Waals surface area contributed by atoms with Crippen molar-refractivity contribution in [2.75, 3.05) is 5.32 Å². The Morgan fingerprint density at radius 1 is 1.07 bits per heavy atom. The number of ether oxygens (including phenoxy) is 1. The van der Waals surface area contributed by atoms with Crippen molar-refractivity contribution >= 4 is 23.9 Å². The quantitative estimate of drug-likeness (QED) is 0.483. The monoisotopic (exact) mass is 407 g/mol. The van der Waals surface area contributed by atoms with Gasteiger partial charge in [-0.2, -0.15) is 5.10 Å². The molecule has 4 rings (SSSR count). The van der Waals surface area contributed by atoms with Crippen LogP contribution in [0.5, 0.6) is 0 Å². The number of carboxylic acids is 1. The van der Waals surface area contributed by atoms with Gasteiger partial charge in [0.1, 0.15) is 0 Å². The first kappa shape index (κ1) is 20.1. The third-order valence-corrected chi connectivity index (χ3v) is 5.75. The van der Waals surface area contributed by atoms with Gasteiger partial charge in [-0.3, -0.25) is 4.79 Å². The van der Waals surface area contributed by atoms with Crippen LogP contribution in [0.2, 0.25) is 0 Å². The van der Waals surface area contributed by atoms with Gasteiger partial charge in [-0.1, -0.05) is 42.5 Å². The number of carbonyl (C=O) groups is 2. The number of hydrogen-bond donors (Lipinski definition) is 3. The van der Waals surface area contributed by atoms with E-state index in [1.54, 1.807) is 6.21 Å². The SMILES string of the molecule is O=C(O)Cc1cccc(CC2C3CCC(O3)C2/C=N/NC(=O)Nc2ccccc2)c1. The van der Waals surface area contributed by atoms with Crippen LogP contribution in [-0.4, -0.2) is 35.5 Å². The van der Waals surface area contributed by atoms with E-state index in [9.17, 15) is 9.59 Å². The second kappa shape index (κ2) is 9.09. The van der Waals surface area contributed by atoms with Gasteiger partial charge in [0.25, 0.3) is 0 Å². The summed E-state index contributed by atoms with van der Waals surface area (Å²) in [6, 6.07) is 16.5. The molecule has 2 aromatic carbocycles. The predicted octanol–water partition coefficient (Wildman–Crippen LogP) is 3.46. The first-order valence-electron chi connectivity index (χ1n) is 10.2. The molecule has 7 nitrogen and oxygen atoms in total. The lowest BCUT2D eigenvalue weighted by Crippen LogP contribution is -2.31. The van der Waals surface area contributed by atoms with E-state index >= 15 is 0 Å². The Morgan fingerprint density at radius 2 is 1.83 bits per heavy atom. The molecule has 30 heavy (non-hydrogen) atoms. The maximum absolute atomic E-state index is 12.0. The first-order chi connectivity index (χ1) is 14.6. The highest BCUT2D eigenvalue weighted by Gasteiger charge is 2.48. The predicted molar refractivity (Wildman–Crippen MR) is 113 cm³/mol. The molecule has 0 aromatic heterocycles. The van der Waals surface area contributed by atoms with Gasteiger partial charge in [-0.15, -0.1) is 0 Å². The van der Waals surface area contributed by atoms with E-state index in [-0.39, 0.29) is 36.5 Å². The number of anilines is 1. The van der Waals surface area contributed by atoms with E-state index in [0.29, 0.717) is 5.69 Å². The van der Waals surface area contributed by atoms with E-state index in [2.05, 4.69) is 15.8 Å². The maximum atomic E-state index is 12.0. The number of rotatable bonds is 7. The molecule has 2 bridgehead atoms. The average molecular weight is 407 g/mol. The summed E-state index contributed by atoms with van der Waals surface area (Å²) >= 11 is 0. The highest BCUT2D eigenvalue weighted by atomic mass is 16.5. The van der Waals surface area contributed by atoms with E-state index < -0.39 is 5.97 Å². The van der Waals surface area contributed by atoms with E-state index in [1.165, 1.54) is 0 Å². The number of aliphatic carboxylic acids is 1. The first-order valence-corrected chi connectivity index (χ1v) is 10.2. The van der Waals surface area contributed by atoms with Crippen LogP contribution in [-0.2, 0) is 22.4 Å². The van der Waals surface area contributed by atoms with E-state index in [1.807, 2.05) is 54.6 Å². The molecule has 2 fully saturated rings. The fourth-order valence-electron chi connectivity index (χ4n) is 4.46. The molecule has 4 unspecified atom stereocenters. The van der Waals surface area contributed by atoms with Crippen molar-refractivity contribution < 1.29 is 19.4 Å². The molecular weight excluding hydrogens is 382 g/mol. The van der Waals surface area contributed by atoms with Gasteiger partial charge in [-0.25, -0.2) is 10.2 Å². The summed E-state index contributed by atoms with van der Waals surface area (Å²) in [4.78, 5) is 23.0. The molecule has 0 saturated carbocycles. The summed E-state index contributed by atoms with van der Waals surface area (Å²) in [6.07, 6.45) is 4.91.